The van der Waals surface area contributed by atoms with Crippen LogP contribution in [0.15, 0.2) is 24.3 Å². The number of hydrogen-bond acceptors (Lipinski definition) is 5. The van der Waals surface area contributed by atoms with Gasteiger partial charge in [0.25, 0.3) is 0 Å². The van der Waals surface area contributed by atoms with E-state index in [2.05, 4.69) is 5.32 Å². The van der Waals surface area contributed by atoms with Gasteiger partial charge in [0.1, 0.15) is 11.8 Å². The molecule has 2 rings (SSSR count). The lowest BCUT2D eigenvalue weighted by molar-refractivity contribution is -0.122. The maximum Gasteiger partial charge on any atom is 0.243 e. The minimum atomic E-state index is -3.62. The Bertz CT molecular complexity index is 716. The van der Waals surface area contributed by atoms with Crippen LogP contribution in [-0.4, -0.2) is 50.8 Å². The van der Waals surface area contributed by atoms with Crippen LogP contribution in [0.25, 0.3) is 0 Å². The molecule has 1 amide bonds. The SMILES string of the molecule is CCOc1ccc(N([C@@H](CC)C(=O)NCCSC2CCCC2)S(C)(=O)=O)cc1. The number of amides is 1. The second kappa shape index (κ2) is 11.0. The summed E-state index contributed by atoms with van der Waals surface area (Å²) in [6.07, 6.45) is 6.64. The molecule has 0 heterocycles. The first-order valence-electron chi connectivity index (χ1n) is 9.98. The molecule has 1 aliphatic carbocycles. The van der Waals surface area contributed by atoms with Crippen molar-refractivity contribution in [2.45, 2.75) is 57.2 Å². The third kappa shape index (κ3) is 6.58. The number of rotatable bonds is 11. The number of benzene rings is 1. The Kier molecular flexibility index (Phi) is 8.95. The molecule has 0 bridgehead atoms. The molecular formula is C20H32N2O4S2. The molecule has 1 atom stereocenters. The molecule has 1 aliphatic rings. The average Bonchev–Trinajstić information content (AvgIpc) is 3.16. The quantitative estimate of drug-likeness (QED) is 0.547. The molecule has 8 heteroatoms. The lowest BCUT2D eigenvalue weighted by Crippen LogP contribution is -2.49. The van der Waals surface area contributed by atoms with Gasteiger partial charge in [-0.25, -0.2) is 8.42 Å². The van der Waals surface area contributed by atoms with Gasteiger partial charge in [-0.05, 0) is 50.5 Å². The van der Waals surface area contributed by atoms with Crippen molar-refractivity contribution < 1.29 is 17.9 Å². The van der Waals surface area contributed by atoms with Crippen LogP contribution in [0.3, 0.4) is 0 Å². The minimum absolute atomic E-state index is 0.256. The van der Waals surface area contributed by atoms with Crippen LogP contribution < -0.4 is 14.4 Å². The molecular weight excluding hydrogens is 396 g/mol. The van der Waals surface area contributed by atoms with Crippen LogP contribution in [-0.2, 0) is 14.8 Å². The Morgan fingerprint density at radius 3 is 2.43 bits per heavy atom. The van der Waals surface area contributed by atoms with E-state index in [1.165, 1.54) is 30.0 Å². The molecule has 0 saturated heterocycles. The second-order valence-corrected chi connectivity index (χ2v) is 10.2. The van der Waals surface area contributed by atoms with Gasteiger partial charge in [0.2, 0.25) is 15.9 Å². The number of ether oxygens (including phenoxy) is 1. The molecule has 0 aliphatic heterocycles. The van der Waals surface area contributed by atoms with Crippen LogP contribution in [0.4, 0.5) is 5.69 Å². The zero-order valence-corrected chi connectivity index (χ0v) is 18.7. The lowest BCUT2D eigenvalue weighted by atomic mass is 10.2. The number of sulfonamides is 1. The second-order valence-electron chi connectivity index (χ2n) is 6.98. The van der Waals surface area contributed by atoms with Crippen molar-refractivity contribution in [1.82, 2.24) is 5.32 Å². The van der Waals surface area contributed by atoms with Gasteiger partial charge in [-0.1, -0.05) is 19.8 Å². The molecule has 1 fully saturated rings. The number of hydrogen-bond donors (Lipinski definition) is 1. The predicted molar refractivity (Wildman–Crippen MR) is 117 cm³/mol. The number of thioether (sulfide) groups is 1. The standard InChI is InChI=1S/C20H32N2O4S2/c1-4-19(20(23)21-14-15-27-18-8-6-7-9-18)22(28(3,24)25)16-10-12-17(13-11-16)26-5-2/h10-13,18-19H,4-9,14-15H2,1-3H3,(H,21,23)/t19-/m0/s1. The van der Waals surface area contributed by atoms with Crippen LogP contribution in [0.5, 0.6) is 5.75 Å². The Labute approximate surface area is 173 Å². The van der Waals surface area contributed by atoms with Gasteiger partial charge in [0.15, 0.2) is 0 Å². The van der Waals surface area contributed by atoms with Crippen molar-refractivity contribution in [2.24, 2.45) is 0 Å². The van der Waals surface area contributed by atoms with E-state index < -0.39 is 16.1 Å². The Morgan fingerprint density at radius 1 is 1.25 bits per heavy atom. The van der Waals surface area contributed by atoms with E-state index in [1.807, 2.05) is 25.6 Å². The monoisotopic (exact) mass is 428 g/mol. The zero-order valence-electron chi connectivity index (χ0n) is 17.0. The van der Waals surface area contributed by atoms with Crippen LogP contribution in [0, 0.1) is 0 Å². The van der Waals surface area contributed by atoms with Gasteiger partial charge in [0.05, 0.1) is 18.6 Å². The smallest absolute Gasteiger partial charge is 0.243 e. The van der Waals surface area contributed by atoms with Crippen molar-refractivity contribution in [1.29, 1.82) is 0 Å². The van der Waals surface area contributed by atoms with E-state index in [-0.39, 0.29) is 5.91 Å². The number of carbonyl (C=O) groups is 1. The summed E-state index contributed by atoms with van der Waals surface area (Å²) >= 11 is 1.90. The third-order valence-corrected chi connectivity index (χ3v) is 7.35. The van der Waals surface area contributed by atoms with Gasteiger partial charge in [-0.2, -0.15) is 11.8 Å². The number of anilines is 1. The fourth-order valence-corrected chi connectivity index (χ4v) is 5.92. The molecule has 0 spiro atoms. The van der Waals surface area contributed by atoms with Crippen molar-refractivity contribution in [2.75, 3.05) is 29.5 Å². The Morgan fingerprint density at radius 2 is 1.89 bits per heavy atom. The molecule has 158 valence electrons. The van der Waals surface area contributed by atoms with E-state index >= 15 is 0 Å². The molecule has 0 unspecified atom stereocenters. The first-order chi connectivity index (χ1) is 13.4. The molecule has 1 aromatic rings. The molecule has 0 radical (unpaired) electrons. The van der Waals surface area contributed by atoms with E-state index in [9.17, 15) is 13.2 Å². The van der Waals surface area contributed by atoms with Gasteiger partial charge < -0.3 is 10.1 Å². The molecule has 1 aromatic carbocycles. The summed E-state index contributed by atoms with van der Waals surface area (Å²) in [5.41, 5.74) is 0.466. The van der Waals surface area contributed by atoms with Crippen LogP contribution >= 0.6 is 11.8 Å². The van der Waals surface area contributed by atoms with Crippen molar-refractivity contribution >= 4 is 33.4 Å². The summed E-state index contributed by atoms with van der Waals surface area (Å²) in [7, 11) is -3.62. The topological polar surface area (TPSA) is 75.7 Å². The molecule has 1 N–H and O–H groups in total. The van der Waals surface area contributed by atoms with Gasteiger partial charge in [0, 0.05) is 17.5 Å². The van der Waals surface area contributed by atoms with Gasteiger partial charge >= 0.3 is 0 Å². The normalized spacial score (nSPS) is 16.0. The fourth-order valence-electron chi connectivity index (χ4n) is 3.49. The zero-order chi connectivity index (χ0) is 20.6. The molecule has 28 heavy (non-hydrogen) atoms. The van der Waals surface area contributed by atoms with E-state index in [0.29, 0.717) is 36.3 Å². The highest BCUT2D eigenvalue weighted by Gasteiger charge is 2.31. The largest absolute Gasteiger partial charge is 0.494 e. The van der Waals surface area contributed by atoms with Crippen molar-refractivity contribution in [3.8, 4) is 5.75 Å². The summed E-state index contributed by atoms with van der Waals surface area (Å²) < 4.78 is 31.6. The van der Waals surface area contributed by atoms with Crippen molar-refractivity contribution in [3.05, 3.63) is 24.3 Å². The number of nitrogens with zero attached hydrogens (tertiary/aromatic N) is 1. The maximum atomic E-state index is 12.8. The highest BCUT2D eigenvalue weighted by atomic mass is 32.2. The Hall–Kier alpha value is -1.41. The summed E-state index contributed by atoms with van der Waals surface area (Å²) in [5, 5.41) is 3.63. The minimum Gasteiger partial charge on any atom is -0.494 e. The molecule has 6 nitrogen and oxygen atoms in total. The first-order valence-corrected chi connectivity index (χ1v) is 12.9. The Balaban J connectivity index is 2.03. The molecule has 1 saturated carbocycles. The molecule has 0 aromatic heterocycles. The van der Waals surface area contributed by atoms with Gasteiger partial charge in [-0.3, -0.25) is 9.10 Å². The van der Waals surface area contributed by atoms with Crippen LogP contribution in [0.1, 0.15) is 46.0 Å². The highest BCUT2D eigenvalue weighted by molar-refractivity contribution is 7.99. The lowest BCUT2D eigenvalue weighted by Gasteiger charge is -2.30. The van der Waals surface area contributed by atoms with Gasteiger partial charge in [-0.15, -0.1) is 0 Å². The average molecular weight is 429 g/mol. The van der Waals surface area contributed by atoms with E-state index in [0.717, 1.165) is 12.0 Å². The van der Waals surface area contributed by atoms with E-state index in [4.69, 9.17) is 4.74 Å². The summed E-state index contributed by atoms with van der Waals surface area (Å²) in [6.45, 7) is 4.80. The van der Waals surface area contributed by atoms with Crippen LogP contribution in [0.2, 0.25) is 0 Å². The number of carbonyl (C=O) groups excluding carboxylic acids is 1. The third-order valence-electron chi connectivity index (χ3n) is 4.79. The number of nitrogens with one attached hydrogen (secondary N) is 1. The maximum absolute atomic E-state index is 12.8. The summed E-state index contributed by atoms with van der Waals surface area (Å²) in [6, 6.07) is 6.03. The fraction of sp³-hybridized carbons (Fsp3) is 0.650. The van der Waals surface area contributed by atoms with Crippen molar-refractivity contribution in [3.63, 3.8) is 0 Å². The summed E-state index contributed by atoms with van der Waals surface area (Å²) in [5.74, 6) is 1.27. The highest BCUT2D eigenvalue weighted by Crippen LogP contribution is 2.29. The first kappa shape index (κ1) is 22.9. The summed E-state index contributed by atoms with van der Waals surface area (Å²) in [4.78, 5) is 12.8. The van der Waals surface area contributed by atoms with E-state index in [1.54, 1.807) is 24.3 Å². The predicted octanol–water partition coefficient (Wildman–Crippen LogP) is 3.42.